The molecule has 0 amide bonds. The SMILES string of the molecule is COc1ccc(-c2nc(-c3ccc(O)cc3O)nc(-c3ccc(O)cc3O)n2)cc1.Cc1nc(-c2ccc(O)cc2O)nc(-c2ccc(O)cc2O)n1.Oc1ccc(-c2nc(-c3ccc(O)cc3)nc(-c3ccc(O)cc3)n2)cc1.Oc1ccc(-c2nc(Oc3ccccc3)nc(Oc3ccccc3)n2)c(O)c1. The van der Waals surface area contributed by atoms with E-state index >= 15 is 0 Å². The van der Waals surface area contributed by atoms with Gasteiger partial charge in [-0.1, -0.05) is 36.4 Å². The van der Waals surface area contributed by atoms with Crippen LogP contribution in [0.2, 0.25) is 0 Å². The van der Waals surface area contributed by atoms with Crippen molar-refractivity contribution in [3.8, 4) is 207 Å². The van der Waals surface area contributed by atoms with Crippen LogP contribution in [0.25, 0.3) is 102 Å². The van der Waals surface area contributed by atoms with E-state index in [-0.39, 0.29) is 127 Å². The maximum absolute atomic E-state index is 10.3. The van der Waals surface area contributed by atoms with Crippen molar-refractivity contribution in [3.05, 3.63) is 255 Å². The molecule has 0 atom stereocenters. The van der Waals surface area contributed by atoms with Crippen LogP contribution < -0.4 is 14.2 Å². The number of rotatable bonds is 14. The van der Waals surface area contributed by atoms with Gasteiger partial charge in [-0.15, -0.1) is 4.98 Å². The number of aryl methyl sites for hydroxylation is 1. The quantitative estimate of drug-likeness (QED) is 0.0481. The van der Waals surface area contributed by atoms with Crippen molar-refractivity contribution in [2.24, 2.45) is 0 Å². The van der Waals surface area contributed by atoms with E-state index in [2.05, 4.69) is 59.8 Å². The number of ether oxygens (including phenoxy) is 3. The minimum atomic E-state index is -0.206. The topological polar surface area (TPSA) is 445 Å². The predicted octanol–water partition coefficient (Wildman–Crippen LogP) is 14.6. The molecule has 0 unspecified atom stereocenters. The summed E-state index contributed by atoms with van der Waals surface area (Å²) in [6, 6.07) is 65.4. The first-order valence-electron chi connectivity index (χ1n) is 32.2. The molecule has 0 fully saturated rings. The van der Waals surface area contributed by atoms with Gasteiger partial charge >= 0.3 is 12.0 Å². The number of aromatic hydroxyl groups is 13. The second kappa shape index (κ2) is 32.5. The zero-order valence-corrected chi connectivity index (χ0v) is 56.6. The lowest BCUT2D eigenvalue weighted by molar-refractivity contribution is 0.398. The molecule has 0 bridgehead atoms. The zero-order valence-electron chi connectivity index (χ0n) is 56.6. The van der Waals surface area contributed by atoms with Crippen molar-refractivity contribution >= 4 is 0 Å². The summed E-state index contributed by atoms with van der Waals surface area (Å²) in [4.78, 5) is 52.2. The summed E-state index contributed by atoms with van der Waals surface area (Å²) in [7, 11) is 1.56. The van der Waals surface area contributed by atoms with Crippen LogP contribution in [-0.4, -0.2) is 133 Å². The van der Waals surface area contributed by atoms with Crippen LogP contribution in [0.1, 0.15) is 5.82 Å². The fraction of sp³-hybridized carbons (Fsp3) is 0.0250. The fourth-order valence-corrected chi connectivity index (χ4v) is 10.1. The molecular formula is C80H60N12O16. The van der Waals surface area contributed by atoms with Crippen molar-refractivity contribution in [2.45, 2.75) is 6.92 Å². The number of hydrogen-bond acceptors (Lipinski definition) is 28. The Morgan fingerprint density at radius 2 is 0.444 bits per heavy atom. The summed E-state index contributed by atoms with van der Waals surface area (Å²) in [5.41, 5.74) is 4.38. The molecule has 28 nitrogen and oxygen atoms in total. The van der Waals surface area contributed by atoms with E-state index in [1.165, 1.54) is 91.0 Å². The molecule has 108 heavy (non-hydrogen) atoms. The van der Waals surface area contributed by atoms with Crippen LogP contribution in [0.15, 0.2) is 249 Å². The first-order valence-corrected chi connectivity index (χ1v) is 32.2. The molecule has 0 aliphatic carbocycles. The summed E-state index contributed by atoms with van der Waals surface area (Å²) in [5.74, 6) is 3.79. The van der Waals surface area contributed by atoms with Crippen LogP contribution in [0.5, 0.6) is 104 Å². The molecule has 11 aromatic carbocycles. The molecule has 0 aliphatic heterocycles. The highest BCUT2D eigenvalue weighted by Gasteiger charge is 2.21. The molecule has 0 radical (unpaired) electrons. The van der Waals surface area contributed by atoms with Gasteiger partial charge in [0, 0.05) is 52.6 Å². The first kappa shape index (κ1) is 72.1. The predicted molar refractivity (Wildman–Crippen MR) is 394 cm³/mol. The van der Waals surface area contributed by atoms with Crippen molar-refractivity contribution in [1.82, 2.24) is 59.8 Å². The van der Waals surface area contributed by atoms with Gasteiger partial charge in [0.25, 0.3) is 0 Å². The van der Waals surface area contributed by atoms with Crippen molar-refractivity contribution < 1.29 is 80.6 Å². The lowest BCUT2D eigenvalue weighted by Crippen LogP contribution is -2.01. The zero-order chi connectivity index (χ0) is 76.0. The summed E-state index contributed by atoms with van der Waals surface area (Å²) in [6.07, 6.45) is 0. The van der Waals surface area contributed by atoms with Gasteiger partial charge in [-0.2, -0.15) is 9.97 Å². The van der Waals surface area contributed by atoms with E-state index in [0.29, 0.717) is 68.6 Å². The number of nitrogens with zero attached hydrogens (tertiary/aromatic N) is 12. The molecule has 15 rings (SSSR count). The van der Waals surface area contributed by atoms with Crippen LogP contribution >= 0.6 is 0 Å². The van der Waals surface area contributed by atoms with E-state index in [9.17, 15) is 66.4 Å². The highest BCUT2D eigenvalue weighted by molar-refractivity contribution is 5.75. The number of methoxy groups -OCH3 is 1. The summed E-state index contributed by atoms with van der Waals surface area (Å²) in [6.45, 7) is 1.66. The summed E-state index contributed by atoms with van der Waals surface area (Å²) in [5, 5.41) is 127. The van der Waals surface area contributed by atoms with Crippen molar-refractivity contribution in [1.29, 1.82) is 0 Å². The van der Waals surface area contributed by atoms with Gasteiger partial charge in [0.05, 0.1) is 34.9 Å². The average Bonchev–Trinajstić information content (AvgIpc) is 0.777. The minimum Gasteiger partial charge on any atom is -0.508 e. The summed E-state index contributed by atoms with van der Waals surface area (Å²) < 4.78 is 16.6. The van der Waals surface area contributed by atoms with E-state index in [0.717, 1.165) is 16.7 Å². The molecule has 13 N–H and O–H groups in total. The Bertz CT molecular complexity index is 5330. The van der Waals surface area contributed by atoms with Gasteiger partial charge < -0.3 is 80.6 Å². The van der Waals surface area contributed by atoms with Crippen LogP contribution in [0.3, 0.4) is 0 Å². The van der Waals surface area contributed by atoms with Gasteiger partial charge in [-0.25, -0.2) is 44.9 Å². The Labute approximate surface area is 612 Å². The molecule has 4 aromatic heterocycles. The molecular weight excluding hydrogens is 1380 g/mol. The smallest absolute Gasteiger partial charge is 0.328 e. The van der Waals surface area contributed by atoms with Gasteiger partial charge in [0.15, 0.2) is 52.4 Å². The van der Waals surface area contributed by atoms with Crippen LogP contribution in [0.4, 0.5) is 0 Å². The van der Waals surface area contributed by atoms with Crippen LogP contribution in [-0.2, 0) is 0 Å². The highest BCUT2D eigenvalue weighted by Crippen LogP contribution is 2.39. The molecule has 0 saturated carbocycles. The maximum Gasteiger partial charge on any atom is 0.328 e. The third kappa shape index (κ3) is 18.1. The van der Waals surface area contributed by atoms with Crippen molar-refractivity contribution in [3.63, 3.8) is 0 Å². The third-order valence-electron chi connectivity index (χ3n) is 15.4. The standard InChI is InChI=1S/C22H17N3O5.C21H15N3O4.C21H15N3O3.C16H13N3O4/c1-30-15-6-2-12(3-7-15)20-23-21(16-8-4-13(26)10-18(16)28)25-22(24-20)17-9-5-14(27)11-19(17)29;25-14-11-12-17(18(26)13-14)19-22-20(27-15-7-3-1-4-8-15)24-21(23-19)28-16-9-5-2-6-10-16;25-16-7-1-13(2-8-16)19-22-20(14-3-9-17(26)10-4-14)24-21(23-19)15-5-11-18(27)12-6-15;1-8-17-15(11-4-2-9(20)6-13(11)22)19-16(18-8)12-5-3-10(21)7-14(12)23/h2-11,26-29H,1H3;1-13,25-26H;1-12,25-27H;2-7,20-23H,1H3. The monoisotopic (exact) mass is 1440 g/mol. The van der Waals surface area contributed by atoms with E-state index in [4.69, 9.17) is 14.2 Å². The van der Waals surface area contributed by atoms with Crippen LogP contribution in [0, 0.1) is 6.92 Å². The normalized spacial score (nSPS) is 10.6. The van der Waals surface area contributed by atoms with E-state index < -0.39 is 0 Å². The molecule has 4 heterocycles. The molecule has 0 spiro atoms. The minimum absolute atomic E-state index is 0.00889. The average molecular weight is 1450 g/mol. The Morgan fingerprint density at radius 1 is 0.213 bits per heavy atom. The number of phenolic OH excluding ortho intramolecular Hbond substituents is 13. The highest BCUT2D eigenvalue weighted by atomic mass is 16.5. The van der Waals surface area contributed by atoms with E-state index in [1.807, 2.05) is 36.4 Å². The fourth-order valence-electron chi connectivity index (χ4n) is 10.1. The first-order chi connectivity index (χ1) is 52.1. The third-order valence-corrected chi connectivity index (χ3v) is 15.4. The number of benzene rings is 11. The largest absolute Gasteiger partial charge is 0.508 e. The van der Waals surface area contributed by atoms with Gasteiger partial charge in [0.2, 0.25) is 0 Å². The molecule has 0 aliphatic rings. The Hall–Kier alpha value is -15.7. The lowest BCUT2D eigenvalue weighted by Gasteiger charge is -2.10. The number of para-hydroxylation sites is 2. The van der Waals surface area contributed by atoms with Gasteiger partial charge in [0.1, 0.15) is 97.8 Å². The van der Waals surface area contributed by atoms with E-state index in [1.54, 1.807) is 135 Å². The number of aromatic nitrogens is 12. The molecule has 0 saturated heterocycles. The second-order valence-corrected chi connectivity index (χ2v) is 23.1. The molecule has 536 valence electrons. The van der Waals surface area contributed by atoms with Crippen molar-refractivity contribution in [2.75, 3.05) is 7.11 Å². The Kier molecular flexibility index (Phi) is 21.7. The summed E-state index contributed by atoms with van der Waals surface area (Å²) >= 11 is 0. The number of phenols is 13. The maximum atomic E-state index is 10.3. The Balaban J connectivity index is 0.000000135. The molecule has 15 aromatic rings. The number of hydrogen-bond donors (Lipinski definition) is 13. The lowest BCUT2D eigenvalue weighted by atomic mass is 10.1. The molecule has 28 heteroatoms. The van der Waals surface area contributed by atoms with Gasteiger partial charge in [-0.3, -0.25) is 0 Å². The second-order valence-electron chi connectivity index (χ2n) is 23.1. The Morgan fingerprint density at radius 3 is 0.713 bits per heavy atom. The van der Waals surface area contributed by atoms with Gasteiger partial charge in [-0.05, 0) is 189 Å².